The Bertz CT molecular complexity index is 600. The fourth-order valence-corrected chi connectivity index (χ4v) is 3.39. The molecule has 4 nitrogen and oxygen atoms in total. The van der Waals surface area contributed by atoms with Gasteiger partial charge in [0.15, 0.2) is 0 Å². The molecule has 0 aliphatic carbocycles. The third-order valence-electron chi connectivity index (χ3n) is 4.56. The molecule has 124 valence electrons. The lowest BCUT2D eigenvalue weighted by Gasteiger charge is -2.34. The van der Waals surface area contributed by atoms with Crippen molar-refractivity contribution in [3.63, 3.8) is 0 Å². The summed E-state index contributed by atoms with van der Waals surface area (Å²) < 4.78 is 3.44. The Morgan fingerprint density at radius 1 is 1.00 bits per heavy atom. The first kappa shape index (κ1) is 16.7. The molecule has 1 aromatic carbocycles. The van der Waals surface area contributed by atoms with Gasteiger partial charge in [-0.05, 0) is 17.7 Å². The van der Waals surface area contributed by atoms with Crippen LogP contribution < -0.4 is 0 Å². The molecule has 1 saturated heterocycles. The van der Waals surface area contributed by atoms with Gasteiger partial charge in [-0.2, -0.15) is 0 Å². The molecule has 5 heteroatoms. The summed E-state index contributed by atoms with van der Waals surface area (Å²) in [5.41, 5.74) is 1.40. The molecule has 0 atom stereocenters. The second-order valence-corrected chi connectivity index (χ2v) is 7.05. The summed E-state index contributed by atoms with van der Waals surface area (Å²) >= 11 is 3.50. The van der Waals surface area contributed by atoms with Gasteiger partial charge in [-0.3, -0.25) is 9.80 Å². The van der Waals surface area contributed by atoms with Crippen LogP contribution in [0.2, 0.25) is 0 Å². The van der Waals surface area contributed by atoms with Gasteiger partial charge in [0.1, 0.15) is 5.82 Å². The molecule has 0 bridgehead atoms. The minimum atomic E-state index is 1.01. The van der Waals surface area contributed by atoms with Crippen molar-refractivity contribution in [2.75, 3.05) is 32.7 Å². The maximum Gasteiger partial charge on any atom is 0.108 e. The number of imidazole rings is 1. The predicted molar refractivity (Wildman–Crippen MR) is 97.5 cm³/mol. The van der Waals surface area contributed by atoms with Crippen LogP contribution in [0.4, 0.5) is 0 Å². The van der Waals surface area contributed by atoms with Gasteiger partial charge in [0.05, 0.1) is 0 Å². The van der Waals surface area contributed by atoms with Crippen LogP contribution in [0.5, 0.6) is 0 Å². The summed E-state index contributed by atoms with van der Waals surface area (Å²) in [6.45, 7) is 10.0. The lowest BCUT2D eigenvalue weighted by atomic mass is 10.2. The molecule has 0 unspecified atom stereocenters. The molecule has 3 rings (SSSR count). The number of halogens is 1. The van der Waals surface area contributed by atoms with Crippen LogP contribution in [-0.2, 0) is 19.5 Å². The number of rotatable bonds is 6. The van der Waals surface area contributed by atoms with Crippen LogP contribution in [0.25, 0.3) is 0 Å². The summed E-state index contributed by atoms with van der Waals surface area (Å²) in [5, 5.41) is 0. The van der Waals surface area contributed by atoms with Crippen molar-refractivity contribution in [1.82, 2.24) is 19.4 Å². The number of hydrogen-bond acceptors (Lipinski definition) is 3. The van der Waals surface area contributed by atoms with Gasteiger partial charge < -0.3 is 4.57 Å². The average Bonchev–Trinajstić information content (AvgIpc) is 3.04. The molecule has 1 aliphatic rings. The highest BCUT2D eigenvalue weighted by molar-refractivity contribution is 9.10. The summed E-state index contributed by atoms with van der Waals surface area (Å²) in [5.74, 6) is 1.19. The highest BCUT2D eigenvalue weighted by atomic mass is 79.9. The van der Waals surface area contributed by atoms with Crippen LogP contribution in [0.3, 0.4) is 0 Å². The first-order valence-corrected chi connectivity index (χ1v) is 9.23. The van der Waals surface area contributed by atoms with Gasteiger partial charge in [-0.1, -0.05) is 35.0 Å². The van der Waals surface area contributed by atoms with Crippen LogP contribution >= 0.6 is 15.9 Å². The maximum absolute atomic E-state index is 4.40. The third kappa shape index (κ3) is 4.66. The van der Waals surface area contributed by atoms with E-state index in [0.29, 0.717) is 0 Å². The van der Waals surface area contributed by atoms with Crippen molar-refractivity contribution in [3.8, 4) is 0 Å². The van der Waals surface area contributed by atoms with Crippen molar-refractivity contribution in [3.05, 3.63) is 52.5 Å². The Hall–Kier alpha value is -1.17. The van der Waals surface area contributed by atoms with E-state index in [1.165, 1.54) is 11.4 Å². The van der Waals surface area contributed by atoms with Crippen molar-refractivity contribution in [2.45, 2.75) is 26.4 Å². The molecule has 0 saturated carbocycles. The molecule has 1 aliphatic heterocycles. The standard InChI is InChI=1S/C18H25BrN4/c1-2-18-20-7-8-23(18)14-13-21-9-11-22(12-10-21)15-16-3-5-17(19)6-4-16/h3-8H,2,9-15H2,1H3. The Labute approximate surface area is 147 Å². The second kappa shape index (κ2) is 8.08. The zero-order valence-corrected chi connectivity index (χ0v) is 15.4. The summed E-state index contributed by atoms with van der Waals surface area (Å²) in [4.78, 5) is 9.51. The van der Waals surface area contributed by atoms with E-state index in [0.717, 1.165) is 56.7 Å². The molecule has 0 amide bonds. The maximum atomic E-state index is 4.40. The molecule has 2 heterocycles. The molecule has 1 aromatic heterocycles. The normalized spacial score (nSPS) is 16.8. The Morgan fingerprint density at radius 3 is 2.39 bits per heavy atom. The largest absolute Gasteiger partial charge is 0.334 e. The van der Waals surface area contributed by atoms with Gasteiger partial charge in [0.25, 0.3) is 0 Å². The highest BCUT2D eigenvalue weighted by Gasteiger charge is 2.16. The minimum Gasteiger partial charge on any atom is -0.334 e. The average molecular weight is 377 g/mol. The molecular formula is C18H25BrN4. The lowest BCUT2D eigenvalue weighted by Crippen LogP contribution is -2.46. The van der Waals surface area contributed by atoms with E-state index in [2.05, 4.69) is 72.7 Å². The topological polar surface area (TPSA) is 24.3 Å². The fourth-order valence-electron chi connectivity index (χ4n) is 3.13. The Morgan fingerprint density at radius 2 is 1.70 bits per heavy atom. The molecular weight excluding hydrogens is 352 g/mol. The molecule has 2 aromatic rings. The van der Waals surface area contributed by atoms with E-state index in [4.69, 9.17) is 0 Å². The molecule has 1 fully saturated rings. The highest BCUT2D eigenvalue weighted by Crippen LogP contribution is 2.13. The lowest BCUT2D eigenvalue weighted by molar-refractivity contribution is 0.124. The van der Waals surface area contributed by atoms with Gasteiger partial charge >= 0.3 is 0 Å². The second-order valence-electron chi connectivity index (χ2n) is 6.13. The van der Waals surface area contributed by atoms with Gasteiger partial charge in [0.2, 0.25) is 0 Å². The number of aryl methyl sites for hydroxylation is 1. The van der Waals surface area contributed by atoms with Crippen LogP contribution in [0, 0.1) is 0 Å². The van der Waals surface area contributed by atoms with Gasteiger partial charge in [-0.15, -0.1) is 0 Å². The van der Waals surface area contributed by atoms with E-state index < -0.39 is 0 Å². The number of nitrogens with zero attached hydrogens (tertiary/aromatic N) is 4. The first-order valence-electron chi connectivity index (χ1n) is 8.44. The fraction of sp³-hybridized carbons (Fsp3) is 0.500. The van der Waals surface area contributed by atoms with E-state index in [1.807, 2.05) is 6.20 Å². The minimum absolute atomic E-state index is 1.01. The number of aromatic nitrogens is 2. The smallest absolute Gasteiger partial charge is 0.108 e. The monoisotopic (exact) mass is 376 g/mol. The summed E-state index contributed by atoms with van der Waals surface area (Å²) in [7, 11) is 0. The van der Waals surface area contributed by atoms with Crippen LogP contribution in [0.15, 0.2) is 41.1 Å². The first-order chi connectivity index (χ1) is 11.2. The molecule has 0 radical (unpaired) electrons. The van der Waals surface area contributed by atoms with Gasteiger partial charge in [0, 0.05) is 69.1 Å². The zero-order chi connectivity index (χ0) is 16.1. The number of piperazine rings is 1. The predicted octanol–water partition coefficient (Wildman–Crippen LogP) is 3.03. The number of hydrogen-bond donors (Lipinski definition) is 0. The van der Waals surface area contributed by atoms with Crippen molar-refractivity contribution < 1.29 is 0 Å². The van der Waals surface area contributed by atoms with Crippen molar-refractivity contribution in [1.29, 1.82) is 0 Å². The van der Waals surface area contributed by atoms with Crippen molar-refractivity contribution >= 4 is 15.9 Å². The number of benzene rings is 1. The van der Waals surface area contributed by atoms with Gasteiger partial charge in [-0.25, -0.2) is 4.98 Å². The van der Waals surface area contributed by atoms with E-state index in [-0.39, 0.29) is 0 Å². The molecule has 0 spiro atoms. The van der Waals surface area contributed by atoms with Crippen LogP contribution in [0.1, 0.15) is 18.3 Å². The van der Waals surface area contributed by atoms with Crippen molar-refractivity contribution in [2.24, 2.45) is 0 Å². The van der Waals surface area contributed by atoms with Crippen LogP contribution in [-0.4, -0.2) is 52.1 Å². The van der Waals surface area contributed by atoms with E-state index >= 15 is 0 Å². The molecule has 23 heavy (non-hydrogen) atoms. The molecule has 0 N–H and O–H groups in total. The van der Waals surface area contributed by atoms with E-state index in [1.54, 1.807) is 0 Å². The SMILES string of the molecule is CCc1nccn1CCN1CCN(Cc2ccc(Br)cc2)CC1. The summed E-state index contributed by atoms with van der Waals surface area (Å²) in [6.07, 6.45) is 5.02. The third-order valence-corrected chi connectivity index (χ3v) is 5.09. The van der Waals surface area contributed by atoms with E-state index in [9.17, 15) is 0 Å². The summed E-state index contributed by atoms with van der Waals surface area (Å²) in [6, 6.07) is 8.67. The quantitative estimate of drug-likeness (QED) is 0.774. The Balaban J connectivity index is 1.42. The Kier molecular flexibility index (Phi) is 5.86. The zero-order valence-electron chi connectivity index (χ0n) is 13.8.